The number of methoxy groups -OCH3 is 1. The van der Waals surface area contributed by atoms with Gasteiger partial charge < -0.3 is 35.8 Å². The van der Waals surface area contributed by atoms with Crippen molar-refractivity contribution < 1.29 is 35.8 Å². The smallest absolute Gasteiger partial charge is 0.271 e. The SMILES string of the molecule is CCCCCCCC/C=C\CCCCCCCCOCC(COC(OC)OCCCCCCCC/C=C\CCCCCCCC)[N+](C)(C)C.[Cl-]. The van der Waals surface area contributed by atoms with Crippen LogP contribution in [0.15, 0.2) is 24.3 Å². The van der Waals surface area contributed by atoms with E-state index < -0.39 is 6.48 Å². The summed E-state index contributed by atoms with van der Waals surface area (Å²) in [7, 11) is 8.28. The maximum absolute atomic E-state index is 6.11. The molecule has 0 spiro atoms. The average molecular weight is 731 g/mol. The number of hydrogen-bond donors (Lipinski definition) is 0. The quantitative estimate of drug-likeness (QED) is 0.0272. The molecule has 0 aliphatic carbocycles. The van der Waals surface area contributed by atoms with E-state index in [1.165, 1.54) is 167 Å². The van der Waals surface area contributed by atoms with Crippen LogP contribution in [0, 0.1) is 0 Å². The zero-order chi connectivity index (χ0) is 35.9. The number of rotatable bonds is 40. The monoisotopic (exact) mass is 730 g/mol. The van der Waals surface area contributed by atoms with E-state index in [2.05, 4.69) is 59.3 Å². The van der Waals surface area contributed by atoms with E-state index in [-0.39, 0.29) is 18.4 Å². The molecule has 2 atom stereocenters. The van der Waals surface area contributed by atoms with Crippen LogP contribution < -0.4 is 12.4 Å². The molecule has 0 heterocycles. The molecule has 5 nitrogen and oxygen atoms in total. The van der Waals surface area contributed by atoms with Crippen molar-refractivity contribution in [2.24, 2.45) is 0 Å². The Morgan fingerprint density at radius 2 is 0.800 bits per heavy atom. The third-order valence-electron chi connectivity index (χ3n) is 9.73. The van der Waals surface area contributed by atoms with Crippen LogP contribution in [0.4, 0.5) is 0 Å². The first-order valence-electron chi connectivity index (χ1n) is 21.4. The molecule has 0 rings (SSSR count). The Kier molecular flexibility index (Phi) is 42.7. The summed E-state index contributed by atoms with van der Waals surface area (Å²) in [6, 6.07) is 0.237. The zero-order valence-corrected chi connectivity index (χ0v) is 35.3. The van der Waals surface area contributed by atoms with Crippen LogP contribution in [-0.4, -0.2) is 71.7 Å². The third kappa shape index (κ3) is 38.8. The molecule has 50 heavy (non-hydrogen) atoms. The lowest BCUT2D eigenvalue weighted by Crippen LogP contribution is -3.00. The molecular weight excluding hydrogens is 642 g/mol. The maximum atomic E-state index is 6.11. The molecule has 0 saturated carbocycles. The largest absolute Gasteiger partial charge is 1.00 e. The summed E-state index contributed by atoms with van der Waals surface area (Å²) >= 11 is 0. The van der Waals surface area contributed by atoms with Gasteiger partial charge in [-0.1, -0.05) is 154 Å². The van der Waals surface area contributed by atoms with E-state index in [1.807, 2.05) is 0 Å². The van der Waals surface area contributed by atoms with Crippen molar-refractivity contribution >= 4 is 0 Å². The number of ether oxygens (including phenoxy) is 4. The molecule has 0 aromatic heterocycles. The summed E-state index contributed by atoms with van der Waals surface area (Å²) in [5, 5.41) is 0. The predicted molar refractivity (Wildman–Crippen MR) is 214 cm³/mol. The summed E-state index contributed by atoms with van der Waals surface area (Å²) in [6.07, 6.45) is 46.6. The van der Waals surface area contributed by atoms with Crippen molar-refractivity contribution in [2.75, 3.05) is 54.7 Å². The van der Waals surface area contributed by atoms with Crippen molar-refractivity contribution in [3.8, 4) is 0 Å². The number of halogens is 1. The van der Waals surface area contributed by atoms with Crippen LogP contribution in [0.5, 0.6) is 0 Å². The Bertz CT molecular complexity index is 696. The van der Waals surface area contributed by atoms with E-state index in [0.29, 0.717) is 19.8 Å². The standard InChI is InChI=1S/C44H88NO4.ClH/c1-7-9-11-13-15-17-19-21-23-25-27-29-31-33-35-37-39-47-41-43(45(3,4)5)42-49-44(46-6)48-40-38-36-34-32-30-28-26-24-22-20-18-16-14-12-10-8-2;/h21-24,43-44H,7-20,25-42H2,1-6H3;1H/q+1;/p-1/b23-21-,24-22-;. The minimum Gasteiger partial charge on any atom is -1.00 e. The maximum Gasteiger partial charge on any atom is 0.271 e. The van der Waals surface area contributed by atoms with E-state index in [0.717, 1.165) is 23.9 Å². The second-order valence-electron chi connectivity index (χ2n) is 15.4. The second-order valence-corrected chi connectivity index (χ2v) is 15.4. The Morgan fingerprint density at radius 3 is 1.18 bits per heavy atom. The van der Waals surface area contributed by atoms with Crippen LogP contribution in [0.2, 0.25) is 0 Å². The number of hydrogen-bond acceptors (Lipinski definition) is 4. The van der Waals surface area contributed by atoms with Crippen molar-refractivity contribution in [1.29, 1.82) is 0 Å². The van der Waals surface area contributed by atoms with Gasteiger partial charge in [0.25, 0.3) is 6.48 Å². The topological polar surface area (TPSA) is 36.9 Å². The summed E-state index contributed by atoms with van der Waals surface area (Å²) in [4.78, 5) is 0. The van der Waals surface area contributed by atoms with Gasteiger partial charge >= 0.3 is 0 Å². The van der Waals surface area contributed by atoms with Gasteiger partial charge in [0.1, 0.15) is 19.3 Å². The van der Waals surface area contributed by atoms with Gasteiger partial charge in [-0.15, -0.1) is 0 Å². The Balaban J connectivity index is 0. The Morgan fingerprint density at radius 1 is 0.440 bits per heavy atom. The lowest BCUT2D eigenvalue weighted by atomic mass is 10.1. The highest BCUT2D eigenvalue weighted by molar-refractivity contribution is 4.82. The molecule has 0 radical (unpaired) electrons. The summed E-state index contributed by atoms with van der Waals surface area (Å²) in [5.74, 6) is 0. The predicted octanol–water partition coefficient (Wildman–Crippen LogP) is 10.1. The van der Waals surface area contributed by atoms with Gasteiger partial charge in [-0.05, 0) is 64.2 Å². The van der Waals surface area contributed by atoms with Crippen LogP contribution in [0.25, 0.3) is 0 Å². The molecule has 2 unspecified atom stereocenters. The molecule has 300 valence electrons. The molecule has 0 amide bonds. The van der Waals surface area contributed by atoms with Gasteiger partial charge in [-0.3, -0.25) is 0 Å². The molecule has 0 aromatic carbocycles. The van der Waals surface area contributed by atoms with Gasteiger partial charge in [0, 0.05) is 13.7 Å². The number of allylic oxidation sites excluding steroid dienone is 4. The highest BCUT2D eigenvalue weighted by Crippen LogP contribution is 2.13. The van der Waals surface area contributed by atoms with Gasteiger partial charge in [-0.2, -0.15) is 0 Å². The summed E-state index contributed by atoms with van der Waals surface area (Å²) in [6.45, 7) is 6.73. The Labute approximate surface area is 320 Å². The second kappa shape index (κ2) is 41.3. The first-order valence-corrected chi connectivity index (χ1v) is 21.4. The first-order chi connectivity index (χ1) is 24.0. The number of likely N-dealkylation sites (N-methyl/N-ethyl adjacent to an activating group) is 1. The molecule has 0 fully saturated rings. The molecule has 0 bridgehead atoms. The zero-order valence-electron chi connectivity index (χ0n) is 34.5. The molecule has 6 heteroatoms. The van der Waals surface area contributed by atoms with Crippen LogP contribution in [-0.2, 0) is 18.9 Å². The van der Waals surface area contributed by atoms with Crippen molar-refractivity contribution in [3.63, 3.8) is 0 Å². The van der Waals surface area contributed by atoms with E-state index in [9.17, 15) is 0 Å². The normalized spacial score (nSPS) is 13.4. The molecule has 0 aromatic rings. The van der Waals surface area contributed by atoms with E-state index in [4.69, 9.17) is 18.9 Å². The minimum absolute atomic E-state index is 0. The van der Waals surface area contributed by atoms with Gasteiger partial charge in [0.05, 0.1) is 27.7 Å². The van der Waals surface area contributed by atoms with Crippen molar-refractivity contribution in [3.05, 3.63) is 24.3 Å². The van der Waals surface area contributed by atoms with E-state index >= 15 is 0 Å². The summed E-state index contributed by atoms with van der Waals surface area (Å²) in [5.41, 5.74) is 0. The number of nitrogens with zero attached hydrogens (tertiary/aromatic N) is 1. The van der Waals surface area contributed by atoms with Crippen LogP contribution in [0.1, 0.15) is 194 Å². The fourth-order valence-electron chi connectivity index (χ4n) is 6.07. The first kappa shape index (κ1) is 51.7. The molecular formula is C44H88ClNO4. The van der Waals surface area contributed by atoms with Crippen LogP contribution in [0.3, 0.4) is 0 Å². The van der Waals surface area contributed by atoms with Gasteiger partial charge in [0.2, 0.25) is 0 Å². The lowest BCUT2D eigenvalue weighted by molar-refractivity contribution is -0.897. The van der Waals surface area contributed by atoms with Crippen LogP contribution >= 0.6 is 0 Å². The fourth-order valence-corrected chi connectivity index (χ4v) is 6.07. The van der Waals surface area contributed by atoms with Crippen molar-refractivity contribution in [1.82, 2.24) is 0 Å². The minimum atomic E-state index is -0.604. The summed E-state index contributed by atoms with van der Waals surface area (Å²) < 4.78 is 24.3. The van der Waals surface area contributed by atoms with Gasteiger partial charge in [-0.25, -0.2) is 0 Å². The fraction of sp³-hybridized carbons (Fsp3) is 0.909. The molecule has 0 aliphatic rings. The molecule has 0 N–H and O–H groups in total. The number of quaternary nitrogens is 1. The molecule has 0 saturated heterocycles. The molecule has 0 aliphatic heterocycles. The highest BCUT2D eigenvalue weighted by Gasteiger charge is 2.26. The Hall–Kier alpha value is -0.430. The van der Waals surface area contributed by atoms with Gasteiger partial charge in [0.15, 0.2) is 0 Å². The van der Waals surface area contributed by atoms with Crippen molar-refractivity contribution in [2.45, 2.75) is 206 Å². The van der Waals surface area contributed by atoms with E-state index in [1.54, 1.807) is 7.11 Å². The average Bonchev–Trinajstić information content (AvgIpc) is 3.08. The third-order valence-corrected chi connectivity index (χ3v) is 9.73. The highest BCUT2D eigenvalue weighted by atomic mass is 35.5. The lowest BCUT2D eigenvalue weighted by Gasteiger charge is -2.34. The number of unbranched alkanes of at least 4 members (excludes halogenated alkanes) is 24.